The van der Waals surface area contributed by atoms with E-state index in [4.69, 9.17) is 0 Å². The molecule has 2 heteroatoms. The van der Waals surface area contributed by atoms with Crippen molar-refractivity contribution < 1.29 is 19.9 Å². The summed E-state index contributed by atoms with van der Waals surface area (Å²) >= 11 is -0.596. The summed E-state index contributed by atoms with van der Waals surface area (Å²) in [6.45, 7) is 3.50. The van der Waals surface area contributed by atoms with Crippen LogP contribution in [-0.4, -0.2) is 0 Å². The Morgan fingerprint density at radius 1 is 1.80 bits per heavy atom. The molecule has 0 amide bonds. The third-order valence-electron chi connectivity index (χ3n) is 0.249. The monoisotopic (exact) mass is 109 g/mol. The second-order valence-corrected chi connectivity index (χ2v) is 1.81. The fraction of sp³-hybridized carbons (Fsp3) is 0.667. The molecular weight excluding hydrogens is 103 g/mol. The Balaban J connectivity index is 2.40. The van der Waals surface area contributed by atoms with Crippen molar-refractivity contribution >= 4 is 0 Å². The van der Waals surface area contributed by atoms with Gasteiger partial charge in [0.05, 0.1) is 0 Å². The van der Waals surface area contributed by atoms with E-state index in [9.17, 15) is 3.67 Å². The Bertz CT molecular complexity index is 28.1. The molecule has 0 aromatic rings. The van der Waals surface area contributed by atoms with Gasteiger partial charge < -0.3 is 0 Å². The van der Waals surface area contributed by atoms with Crippen LogP contribution in [0, 0.1) is 6.92 Å². The van der Waals surface area contributed by atoms with Crippen LogP contribution >= 0.6 is 0 Å². The number of hydrogen-bond acceptors (Lipinski definition) is 1. The summed E-state index contributed by atoms with van der Waals surface area (Å²) in [6.07, 6.45) is 0.823. The van der Waals surface area contributed by atoms with Gasteiger partial charge in [-0.15, -0.1) is 0 Å². The minimum atomic E-state index is -0.596. The molecule has 0 aliphatic heterocycles. The molecule has 0 spiro atoms. The molecule has 5 heavy (non-hydrogen) atoms. The van der Waals surface area contributed by atoms with Crippen molar-refractivity contribution in [3.8, 4) is 0 Å². The van der Waals surface area contributed by atoms with E-state index in [1.807, 2.05) is 0 Å². The average molecular weight is 109 g/mol. The van der Waals surface area contributed by atoms with Crippen LogP contribution < -0.4 is 0 Å². The van der Waals surface area contributed by atoms with E-state index in [1.54, 1.807) is 0 Å². The molecule has 0 rings (SSSR count). The second-order valence-electron chi connectivity index (χ2n) is 0.706. The molecule has 0 bridgehead atoms. The van der Waals surface area contributed by atoms with Crippen LogP contribution in [0.4, 0.5) is 0 Å². The SMILES string of the molecule is [CH2]C[CH2][V]=[O]. The predicted molar refractivity (Wildman–Crippen MR) is 15.5 cm³/mol. The summed E-state index contributed by atoms with van der Waals surface area (Å²) in [5.41, 5.74) is 0. The number of hydrogen-bond donors (Lipinski definition) is 0. The molecule has 1 radical (unpaired) electrons. The molecule has 0 aromatic heterocycles. The summed E-state index contributed by atoms with van der Waals surface area (Å²) in [7, 11) is 0. The predicted octanol–water partition coefficient (Wildman–Crippen LogP) is 1.06. The molecule has 0 unspecified atom stereocenters. The molecule has 1 nitrogen and oxygen atoms in total. The van der Waals surface area contributed by atoms with Gasteiger partial charge in [-0.2, -0.15) is 0 Å². The molecule has 0 aromatic carbocycles. The Labute approximate surface area is 39.0 Å². The third kappa shape index (κ3) is 4.38. The molecule has 29 valence electrons. The normalized spacial score (nSPS) is 7.40. The van der Waals surface area contributed by atoms with Gasteiger partial charge in [0.2, 0.25) is 0 Å². The van der Waals surface area contributed by atoms with E-state index in [2.05, 4.69) is 6.92 Å². The van der Waals surface area contributed by atoms with Crippen molar-refractivity contribution in [2.45, 2.75) is 11.6 Å². The fourth-order valence-corrected chi connectivity index (χ4v) is 0.266. The van der Waals surface area contributed by atoms with Gasteiger partial charge in [-0.05, 0) is 0 Å². The van der Waals surface area contributed by atoms with Gasteiger partial charge in [-0.3, -0.25) is 0 Å². The molecule has 0 saturated carbocycles. The maximum atomic E-state index is 9.58. The first-order valence-corrected chi connectivity index (χ1v) is 3.06. The molecule has 0 N–H and O–H groups in total. The fourth-order valence-electron chi connectivity index (χ4n) is 0.0645. The first kappa shape index (κ1) is 5.38. The van der Waals surface area contributed by atoms with Gasteiger partial charge in [0, 0.05) is 0 Å². The molecule has 0 aliphatic rings. The van der Waals surface area contributed by atoms with Crippen molar-refractivity contribution in [1.82, 2.24) is 0 Å². The molecule has 0 heterocycles. The molecule has 0 fully saturated rings. The van der Waals surface area contributed by atoms with Crippen molar-refractivity contribution in [1.29, 1.82) is 0 Å². The van der Waals surface area contributed by atoms with Crippen LogP contribution in [-0.2, 0) is 19.9 Å². The topological polar surface area (TPSA) is 17.1 Å². The molecular formula is C3H6OV. The van der Waals surface area contributed by atoms with Crippen LogP contribution in [0.2, 0.25) is 5.13 Å². The average Bonchev–Trinajstić information content (AvgIpc) is 1.41. The Hall–Kier alpha value is 0.384. The van der Waals surface area contributed by atoms with Crippen molar-refractivity contribution in [3.05, 3.63) is 6.92 Å². The van der Waals surface area contributed by atoms with E-state index < -0.39 is 16.2 Å². The van der Waals surface area contributed by atoms with Crippen molar-refractivity contribution in [2.24, 2.45) is 0 Å². The van der Waals surface area contributed by atoms with E-state index in [-0.39, 0.29) is 0 Å². The summed E-state index contributed by atoms with van der Waals surface area (Å²) in [5, 5.41) is 0.816. The first-order chi connectivity index (χ1) is 2.41. The van der Waals surface area contributed by atoms with Crippen molar-refractivity contribution in [2.75, 3.05) is 0 Å². The van der Waals surface area contributed by atoms with Crippen LogP contribution in [0.15, 0.2) is 0 Å². The van der Waals surface area contributed by atoms with Gasteiger partial charge in [0.1, 0.15) is 0 Å². The quantitative estimate of drug-likeness (QED) is 0.518. The van der Waals surface area contributed by atoms with Crippen LogP contribution in [0.3, 0.4) is 0 Å². The van der Waals surface area contributed by atoms with Crippen LogP contribution in [0.5, 0.6) is 0 Å². The van der Waals surface area contributed by atoms with Gasteiger partial charge in [-0.1, -0.05) is 0 Å². The summed E-state index contributed by atoms with van der Waals surface area (Å²) in [5.74, 6) is 0. The second kappa shape index (κ2) is 4.38. The maximum absolute atomic E-state index is 9.58. The van der Waals surface area contributed by atoms with Gasteiger partial charge in [0.25, 0.3) is 0 Å². The molecule has 0 saturated heterocycles. The van der Waals surface area contributed by atoms with Gasteiger partial charge in [0.15, 0.2) is 0 Å². The van der Waals surface area contributed by atoms with E-state index >= 15 is 0 Å². The Morgan fingerprint density at radius 2 is 2.40 bits per heavy atom. The summed E-state index contributed by atoms with van der Waals surface area (Å²) < 4.78 is 9.58. The van der Waals surface area contributed by atoms with E-state index in [1.165, 1.54) is 0 Å². The molecule has 0 atom stereocenters. The summed E-state index contributed by atoms with van der Waals surface area (Å²) in [6, 6.07) is 0. The Morgan fingerprint density at radius 3 is 2.40 bits per heavy atom. The molecule has 0 aliphatic carbocycles. The zero-order valence-corrected chi connectivity index (χ0v) is 4.37. The van der Waals surface area contributed by atoms with Gasteiger partial charge >= 0.3 is 38.4 Å². The van der Waals surface area contributed by atoms with Crippen LogP contribution in [0.1, 0.15) is 6.42 Å². The summed E-state index contributed by atoms with van der Waals surface area (Å²) in [4.78, 5) is 0. The standard InChI is InChI=1S/C3H6.O.V/c1-3-2;;/h1-3H2;;. The van der Waals surface area contributed by atoms with Crippen molar-refractivity contribution in [3.63, 3.8) is 0 Å². The first-order valence-electron chi connectivity index (χ1n) is 1.50. The zero-order chi connectivity index (χ0) is 4.12. The third-order valence-corrected chi connectivity index (χ3v) is 1.03. The van der Waals surface area contributed by atoms with Gasteiger partial charge in [-0.25, -0.2) is 0 Å². The zero-order valence-electron chi connectivity index (χ0n) is 2.98. The Kier molecular flexibility index (Phi) is 4.72. The minimum absolute atomic E-state index is 0.596. The van der Waals surface area contributed by atoms with E-state index in [0.717, 1.165) is 11.6 Å². The van der Waals surface area contributed by atoms with Crippen LogP contribution in [0.25, 0.3) is 0 Å². The number of rotatable bonds is 2. The van der Waals surface area contributed by atoms with E-state index in [0.29, 0.717) is 0 Å².